The molecule has 0 saturated heterocycles. The highest BCUT2D eigenvalue weighted by atomic mass is 32.2. The molecule has 0 radical (unpaired) electrons. The molecule has 0 aliphatic rings. The van der Waals surface area contributed by atoms with Crippen LogP contribution in [0.25, 0.3) is 0 Å². The Labute approximate surface area is 119 Å². The second-order valence-electron chi connectivity index (χ2n) is 4.27. The molecule has 0 saturated carbocycles. The van der Waals surface area contributed by atoms with Gasteiger partial charge in [0.25, 0.3) is 10.0 Å². The highest BCUT2D eigenvalue weighted by Gasteiger charge is 2.32. The highest BCUT2D eigenvalue weighted by Crippen LogP contribution is 2.21. The molecule has 12 heteroatoms. The Kier molecular flexibility index (Phi) is 4.62. The van der Waals surface area contributed by atoms with Crippen molar-refractivity contribution >= 4 is 38.2 Å². The van der Waals surface area contributed by atoms with Gasteiger partial charge in [-0.1, -0.05) is 16.5 Å². The fourth-order valence-electron chi connectivity index (χ4n) is 1.08. The van der Waals surface area contributed by atoms with Gasteiger partial charge < -0.3 is 16.3 Å². The van der Waals surface area contributed by atoms with Crippen LogP contribution in [0.15, 0.2) is 9.50 Å². The number of carbonyl (C=O) groups is 1. The van der Waals surface area contributed by atoms with Gasteiger partial charge in [0, 0.05) is 6.92 Å². The van der Waals surface area contributed by atoms with Gasteiger partial charge in [-0.15, -0.1) is 10.2 Å². The van der Waals surface area contributed by atoms with Gasteiger partial charge in [0.15, 0.2) is 5.84 Å². The van der Waals surface area contributed by atoms with Crippen molar-refractivity contribution in [3.63, 3.8) is 0 Å². The molecule has 0 unspecified atom stereocenters. The van der Waals surface area contributed by atoms with E-state index >= 15 is 0 Å². The summed E-state index contributed by atoms with van der Waals surface area (Å²) in [6.45, 7) is 4.08. The van der Waals surface area contributed by atoms with Gasteiger partial charge in [0.05, 0.1) is 5.54 Å². The molecule has 1 heterocycles. The molecule has 0 aromatic carbocycles. The lowest BCUT2D eigenvalue weighted by molar-refractivity contribution is -0.114. The van der Waals surface area contributed by atoms with Crippen LogP contribution < -0.4 is 15.8 Å². The van der Waals surface area contributed by atoms with E-state index in [9.17, 15) is 13.2 Å². The first-order chi connectivity index (χ1) is 9.08. The average Bonchev–Trinajstić information content (AvgIpc) is 2.74. The number of nitrogens with two attached hydrogens (primary N) is 1. The van der Waals surface area contributed by atoms with Crippen molar-refractivity contribution in [3.05, 3.63) is 0 Å². The summed E-state index contributed by atoms with van der Waals surface area (Å²) in [6.07, 6.45) is 0. The zero-order chi connectivity index (χ0) is 15.6. The molecular formula is C8H14N6O4S2. The van der Waals surface area contributed by atoms with E-state index in [2.05, 4.69) is 25.4 Å². The topological polar surface area (TPSA) is 160 Å². The molecule has 0 aliphatic carbocycles. The summed E-state index contributed by atoms with van der Waals surface area (Å²) in [6, 6.07) is 0. The van der Waals surface area contributed by atoms with E-state index in [4.69, 9.17) is 10.9 Å². The fourth-order valence-corrected chi connectivity index (χ4v) is 3.41. The number of nitrogens with zero attached hydrogens (tertiary/aromatic N) is 3. The van der Waals surface area contributed by atoms with Crippen molar-refractivity contribution in [2.24, 2.45) is 10.9 Å². The lowest BCUT2D eigenvalue weighted by atomic mass is 10.1. The van der Waals surface area contributed by atoms with E-state index in [0.717, 1.165) is 0 Å². The molecule has 10 nitrogen and oxygen atoms in total. The minimum absolute atomic E-state index is 0.0551. The van der Waals surface area contributed by atoms with Gasteiger partial charge >= 0.3 is 0 Å². The summed E-state index contributed by atoms with van der Waals surface area (Å²) in [7, 11) is -4.02. The third-order valence-corrected chi connectivity index (χ3v) is 4.92. The molecule has 0 atom stereocenters. The largest absolute Gasteiger partial charge is 0.409 e. The molecule has 20 heavy (non-hydrogen) atoms. The summed E-state index contributed by atoms with van der Waals surface area (Å²) in [5.74, 6) is -0.706. The summed E-state index contributed by atoms with van der Waals surface area (Å²) < 4.78 is 26.0. The molecule has 0 fully saturated rings. The second-order valence-corrected chi connectivity index (χ2v) is 7.10. The third kappa shape index (κ3) is 3.85. The summed E-state index contributed by atoms with van der Waals surface area (Å²) in [5.41, 5.74) is 4.08. The van der Waals surface area contributed by atoms with E-state index in [-0.39, 0.29) is 15.3 Å². The van der Waals surface area contributed by atoms with Crippen molar-refractivity contribution in [2.45, 2.75) is 30.6 Å². The number of oxime groups is 1. The Hall–Kier alpha value is -1.79. The van der Waals surface area contributed by atoms with Gasteiger partial charge in [-0.25, -0.2) is 8.42 Å². The lowest BCUT2D eigenvalue weighted by Crippen LogP contribution is -2.52. The Morgan fingerprint density at radius 2 is 2.05 bits per heavy atom. The average molecular weight is 322 g/mol. The van der Waals surface area contributed by atoms with Crippen LogP contribution in [0.4, 0.5) is 5.13 Å². The number of rotatable bonds is 5. The number of hydrogen-bond acceptors (Lipinski definition) is 8. The van der Waals surface area contributed by atoms with Crippen molar-refractivity contribution in [3.8, 4) is 0 Å². The van der Waals surface area contributed by atoms with Crippen molar-refractivity contribution in [1.29, 1.82) is 0 Å². The first-order valence-electron chi connectivity index (χ1n) is 5.21. The van der Waals surface area contributed by atoms with Crippen LogP contribution in [-0.2, 0) is 14.8 Å². The van der Waals surface area contributed by atoms with Gasteiger partial charge in [-0.05, 0) is 13.8 Å². The minimum atomic E-state index is -4.02. The van der Waals surface area contributed by atoms with Gasteiger partial charge in [-0.2, -0.15) is 4.72 Å². The maximum absolute atomic E-state index is 12.1. The van der Waals surface area contributed by atoms with Gasteiger partial charge in [0.2, 0.25) is 15.4 Å². The number of sulfonamides is 1. The number of amides is 1. The number of amidine groups is 1. The molecule has 1 aromatic heterocycles. The number of aromatic nitrogens is 2. The van der Waals surface area contributed by atoms with Crippen LogP contribution in [-0.4, -0.2) is 41.1 Å². The van der Waals surface area contributed by atoms with E-state index in [1.54, 1.807) is 0 Å². The zero-order valence-electron chi connectivity index (χ0n) is 10.9. The molecule has 0 bridgehead atoms. The predicted octanol–water partition coefficient (Wildman–Crippen LogP) is -0.700. The normalized spacial score (nSPS) is 13.2. The monoisotopic (exact) mass is 322 g/mol. The molecule has 0 spiro atoms. The van der Waals surface area contributed by atoms with Gasteiger partial charge in [0.1, 0.15) is 0 Å². The van der Waals surface area contributed by atoms with Crippen LogP contribution in [0, 0.1) is 0 Å². The summed E-state index contributed by atoms with van der Waals surface area (Å²) >= 11 is 0.680. The smallest absolute Gasteiger partial charge is 0.270 e. The molecular weight excluding hydrogens is 308 g/mol. The Morgan fingerprint density at radius 3 is 2.55 bits per heavy atom. The Balaban J connectivity index is 3.00. The van der Waals surface area contributed by atoms with Crippen LogP contribution in [0.2, 0.25) is 0 Å². The van der Waals surface area contributed by atoms with E-state index in [1.807, 2.05) is 0 Å². The SMILES string of the molecule is CC(=O)Nc1nnc(S(=O)(=O)NC(C)(C)C(N)=NO)s1. The van der Waals surface area contributed by atoms with Crippen molar-refractivity contribution < 1.29 is 18.4 Å². The first kappa shape index (κ1) is 16.3. The summed E-state index contributed by atoms with van der Waals surface area (Å²) in [5, 5.41) is 20.7. The van der Waals surface area contributed by atoms with Crippen LogP contribution in [0.3, 0.4) is 0 Å². The zero-order valence-corrected chi connectivity index (χ0v) is 12.5. The molecule has 1 aromatic rings. The van der Waals surface area contributed by atoms with E-state index in [1.165, 1.54) is 20.8 Å². The Bertz CT molecular complexity index is 635. The van der Waals surface area contributed by atoms with Gasteiger partial charge in [-0.3, -0.25) is 4.79 Å². The predicted molar refractivity (Wildman–Crippen MR) is 72.0 cm³/mol. The van der Waals surface area contributed by atoms with Crippen LogP contribution >= 0.6 is 11.3 Å². The standard InChI is InChI=1S/C8H14N6O4S2/c1-4(15)10-6-11-12-7(19-6)20(17,18)14-8(2,3)5(9)13-16/h14,16H,1-3H3,(H2,9,13)(H,10,11,15). The first-order valence-corrected chi connectivity index (χ1v) is 7.51. The quantitative estimate of drug-likeness (QED) is 0.183. The van der Waals surface area contributed by atoms with Crippen molar-refractivity contribution in [2.75, 3.05) is 5.32 Å². The maximum Gasteiger partial charge on any atom is 0.270 e. The van der Waals surface area contributed by atoms with E-state index < -0.39 is 21.5 Å². The molecule has 5 N–H and O–H groups in total. The third-order valence-electron chi connectivity index (χ3n) is 2.06. The number of hydrogen-bond donors (Lipinski definition) is 4. The highest BCUT2D eigenvalue weighted by molar-refractivity contribution is 7.91. The lowest BCUT2D eigenvalue weighted by Gasteiger charge is -2.23. The molecule has 1 rings (SSSR count). The van der Waals surface area contributed by atoms with Crippen LogP contribution in [0.5, 0.6) is 0 Å². The maximum atomic E-state index is 12.1. The fraction of sp³-hybridized carbons (Fsp3) is 0.500. The molecule has 112 valence electrons. The number of nitrogens with one attached hydrogen (secondary N) is 2. The molecule has 1 amide bonds. The molecule has 0 aliphatic heterocycles. The van der Waals surface area contributed by atoms with Crippen molar-refractivity contribution in [1.82, 2.24) is 14.9 Å². The summed E-state index contributed by atoms with van der Waals surface area (Å²) in [4.78, 5) is 10.8. The minimum Gasteiger partial charge on any atom is -0.409 e. The number of anilines is 1. The van der Waals surface area contributed by atoms with E-state index in [0.29, 0.717) is 11.3 Å². The number of carbonyl (C=O) groups excluding carboxylic acids is 1. The van der Waals surface area contributed by atoms with Crippen LogP contribution in [0.1, 0.15) is 20.8 Å². The Morgan fingerprint density at radius 1 is 1.45 bits per heavy atom. The second kappa shape index (κ2) is 5.68.